The Morgan fingerprint density at radius 1 is 0.588 bits per heavy atom. The van der Waals surface area contributed by atoms with E-state index >= 15 is 0 Å². The molecule has 6 heteroatoms. The fourth-order valence-electron chi connectivity index (χ4n) is 4.59. The predicted octanol–water partition coefficient (Wildman–Crippen LogP) is 4.26. The summed E-state index contributed by atoms with van der Waals surface area (Å²) in [4.78, 5) is 0. The second kappa shape index (κ2) is 8.31. The summed E-state index contributed by atoms with van der Waals surface area (Å²) in [5, 5.41) is 0. The Hall–Kier alpha value is -3.06. The number of hydrogen-bond donors (Lipinski definition) is 0. The van der Waals surface area contributed by atoms with E-state index in [1.165, 1.54) is 22.3 Å². The van der Waals surface area contributed by atoms with E-state index in [1.807, 2.05) is 6.07 Å². The van der Waals surface area contributed by atoms with E-state index in [9.17, 15) is 0 Å². The first-order chi connectivity index (χ1) is 16.8. The quantitative estimate of drug-likeness (QED) is 0.331. The Morgan fingerprint density at radius 2 is 1.18 bits per heavy atom. The molecule has 7 rings (SSSR count). The van der Waals surface area contributed by atoms with Crippen LogP contribution in [0.15, 0.2) is 54.6 Å². The molecule has 34 heavy (non-hydrogen) atoms. The first-order valence-electron chi connectivity index (χ1n) is 11.9. The summed E-state index contributed by atoms with van der Waals surface area (Å²) < 4.78 is 34.9. The average Bonchev–Trinajstić information content (AvgIpc) is 3.72. The molecule has 0 radical (unpaired) electrons. The molecular formula is C28H26O6. The van der Waals surface area contributed by atoms with Gasteiger partial charge >= 0.3 is 0 Å². The molecule has 0 spiro atoms. The average molecular weight is 459 g/mol. The number of ether oxygens (including phenoxy) is 6. The Kier molecular flexibility index (Phi) is 4.97. The van der Waals surface area contributed by atoms with Gasteiger partial charge in [-0.3, -0.25) is 0 Å². The lowest BCUT2D eigenvalue weighted by molar-refractivity contribution is 0.209. The van der Waals surface area contributed by atoms with E-state index in [0.29, 0.717) is 37.1 Å². The van der Waals surface area contributed by atoms with Crippen LogP contribution in [0.3, 0.4) is 0 Å². The maximum atomic E-state index is 6.40. The Balaban J connectivity index is 1.32. The van der Waals surface area contributed by atoms with Gasteiger partial charge in [0.05, 0.1) is 19.8 Å². The topological polar surface area (TPSA) is 65.3 Å². The maximum absolute atomic E-state index is 6.40. The van der Waals surface area contributed by atoms with Crippen molar-refractivity contribution in [2.24, 2.45) is 0 Å². The molecular weight excluding hydrogens is 432 g/mol. The van der Waals surface area contributed by atoms with Gasteiger partial charge in [-0.15, -0.1) is 0 Å². The summed E-state index contributed by atoms with van der Waals surface area (Å²) in [6.45, 7) is 3.64. The first kappa shape index (κ1) is 20.3. The van der Waals surface area contributed by atoms with Gasteiger partial charge in [0.25, 0.3) is 0 Å². The molecule has 3 fully saturated rings. The molecule has 0 N–H and O–H groups in total. The van der Waals surface area contributed by atoms with Gasteiger partial charge in [-0.2, -0.15) is 0 Å². The molecule has 0 bridgehead atoms. The van der Waals surface area contributed by atoms with Gasteiger partial charge in [-0.05, 0) is 46.4 Å². The highest BCUT2D eigenvalue weighted by Gasteiger charge is 2.31. The van der Waals surface area contributed by atoms with Crippen LogP contribution in [0.1, 0.15) is 11.1 Å². The zero-order valence-electron chi connectivity index (χ0n) is 18.8. The van der Waals surface area contributed by atoms with Crippen LogP contribution in [-0.4, -0.2) is 58.0 Å². The van der Waals surface area contributed by atoms with Crippen LogP contribution >= 0.6 is 0 Å². The van der Waals surface area contributed by atoms with Crippen molar-refractivity contribution in [2.45, 2.75) is 24.7 Å². The van der Waals surface area contributed by atoms with Gasteiger partial charge in [0.15, 0.2) is 11.5 Å². The molecule has 3 atom stereocenters. The molecule has 4 aliphatic rings. The minimum absolute atomic E-state index is 0.123. The van der Waals surface area contributed by atoms with Crippen molar-refractivity contribution in [1.82, 2.24) is 0 Å². The van der Waals surface area contributed by atoms with Crippen LogP contribution < -0.4 is 14.2 Å². The number of fused-ring (bicyclic) bond motifs is 3. The molecule has 3 aromatic rings. The fourth-order valence-corrected chi connectivity index (χ4v) is 4.59. The molecule has 0 amide bonds. The summed E-state index contributed by atoms with van der Waals surface area (Å²) in [6, 6.07) is 19.2. The van der Waals surface area contributed by atoms with E-state index in [-0.39, 0.29) is 18.3 Å². The standard InChI is InChI=1S/C28H26O6/c1-2-5-21-17(4-1)10-25-22(21)6-3-7-23(25)24-8-9-26(32-14-18-11-29-18)28(34-16-20-13-31-20)27(24)33-15-19-12-30-19/h1-9,18-20H,10-16H2. The predicted molar refractivity (Wildman–Crippen MR) is 126 cm³/mol. The van der Waals surface area contributed by atoms with Crippen molar-refractivity contribution in [3.8, 4) is 39.5 Å². The van der Waals surface area contributed by atoms with Crippen molar-refractivity contribution in [2.75, 3.05) is 39.6 Å². The Labute approximate surface area is 198 Å². The van der Waals surface area contributed by atoms with Crippen LogP contribution in [0, 0.1) is 0 Å². The molecule has 3 aromatic carbocycles. The SMILES string of the molecule is c1ccc2c(c1)Cc1c-2cccc1-c1ccc(OCC2CO2)c(OCC2CO2)c1OCC1CO1. The number of epoxide rings is 3. The third-order valence-electron chi connectivity index (χ3n) is 6.68. The van der Waals surface area contributed by atoms with E-state index in [1.54, 1.807) is 0 Å². The fraction of sp³-hybridized carbons (Fsp3) is 0.357. The smallest absolute Gasteiger partial charge is 0.204 e. The molecule has 3 aliphatic heterocycles. The molecule has 174 valence electrons. The van der Waals surface area contributed by atoms with Crippen molar-refractivity contribution in [3.63, 3.8) is 0 Å². The maximum Gasteiger partial charge on any atom is 0.204 e. The van der Waals surface area contributed by atoms with Crippen LogP contribution in [0.5, 0.6) is 17.2 Å². The summed E-state index contributed by atoms with van der Waals surface area (Å²) in [5.74, 6) is 2.00. The van der Waals surface area contributed by atoms with E-state index in [4.69, 9.17) is 28.4 Å². The molecule has 1 aliphatic carbocycles. The normalized spacial score (nSPS) is 23.1. The molecule has 6 nitrogen and oxygen atoms in total. The summed E-state index contributed by atoms with van der Waals surface area (Å²) in [7, 11) is 0. The second-order valence-electron chi connectivity index (χ2n) is 9.23. The van der Waals surface area contributed by atoms with Gasteiger partial charge in [0.1, 0.15) is 38.1 Å². The van der Waals surface area contributed by atoms with Crippen molar-refractivity contribution < 1.29 is 28.4 Å². The molecule has 3 saturated heterocycles. The zero-order valence-corrected chi connectivity index (χ0v) is 18.8. The number of rotatable bonds is 10. The zero-order chi connectivity index (χ0) is 22.5. The van der Waals surface area contributed by atoms with Gasteiger partial charge in [-0.1, -0.05) is 42.5 Å². The minimum Gasteiger partial charge on any atom is -0.487 e. The van der Waals surface area contributed by atoms with E-state index in [0.717, 1.165) is 37.4 Å². The van der Waals surface area contributed by atoms with E-state index < -0.39 is 0 Å². The summed E-state index contributed by atoms with van der Waals surface area (Å²) >= 11 is 0. The molecule has 0 aromatic heterocycles. The van der Waals surface area contributed by atoms with Crippen molar-refractivity contribution in [3.05, 3.63) is 65.7 Å². The van der Waals surface area contributed by atoms with Crippen molar-refractivity contribution in [1.29, 1.82) is 0 Å². The highest BCUT2D eigenvalue weighted by Crippen LogP contribution is 2.49. The lowest BCUT2D eigenvalue weighted by atomic mass is 9.94. The third-order valence-corrected chi connectivity index (χ3v) is 6.68. The van der Waals surface area contributed by atoms with Crippen LogP contribution in [-0.2, 0) is 20.6 Å². The number of hydrogen-bond acceptors (Lipinski definition) is 6. The van der Waals surface area contributed by atoms with Gasteiger partial charge in [0, 0.05) is 5.56 Å². The van der Waals surface area contributed by atoms with Gasteiger partial charge in [-0.25, -0.2) is 0 Å². The van der Waals surface area contributed by atoms with Crippen LogP contribution in [0.25, 0.3) is 22.3 Å². The lowest BCUT2D eigenvalue weighted by Crippen LogP contribution is -2.12. The first-order valence-corrected chi connectivity index (χ1v) is 11.9. The lowest BCUT2D eigenvalue weighted by Gasteiger charge is -2.20. The highest BCUT2D eigenvalue weighted by molar-refractivity contribution is 5.87. The Bertz CT molecular complexity index is 1230. The summed E-state index contributed by atoms with van der Waals surface area (Å²) in [6.07, 6.45) is 1.30. The second-order valence-corrected chi connectivity index (χ2v) is 9.23. The number of benzene rings is 3. The molecule has 3 heterocycles. The van der Waals surface area contributed by atoms with Gasteiger partial charge < -0.3 is 28.4 Å². The van der Waals surface area contributed by atoms with E-state index in [2.05, 4.69) is 48.5 Å². The molecule has 0 saturated carbocycles. The van der Waals surface area contributed by atoms with Gasteiger partial charge in [0.2, 0.25) is 5.75 Å². The van der Waals surface area contributed by atoms with Crippen LogP contribution in [0.2, 0.25) is 0 Å². The third kappa shape index (κ3) is 4.02. The summed E-state index contributed by atoms with van der Waals surface area (Å²) in [5.41, 5.74) is 7.42. The Morgan fingerprint density at radius 3 is 1.88 bits per heavy atom. The highest BCUT2D eigenvalue weighted by atomic mass is 16.6. The van der Waals surface area contributed by atoms with Crippen LogP contribution in [0.4, 0.5) is 0 Å². The molecule has 3 unspecified atom stereocenters. The minimum atomic E-state index is 0.123. The monoisotopic (exact) mass is 458 g/mol. The largest absolute Gasteiger partial charge is 0.487 e. The van der Waals surface area contributed by atoms with Crippen molar-refractivity contribution >= 4 is 0 Å².